The van der Waals surface area contributed by atoms with Gasteiger partial charge in [0.1, 0.15) is 0 Å². The van der Waals surface area contributed by atoms with Gasteiger partial charge in [0.15, 0.2) is 11.5 Å². The van der Waals surface area contributed by atoms with Gasteiger partial charge in [0.25, 0.3) is 5.91 Å². The van der Waals surface area contributed by atoms with Crippen molar-refractivity contribution in [1.29, 1.82) is 0 Å². The van der Waals surface area contributed by atoms with Gasteiger partial charge in [0.2, 0.25) is 16.8 Å². The molecule has 1 heterocycles. The first kappa shape index (κ1) is 19.2. The van der Waals surface area contributed by atoms with Crippen molar-refractivity contribution >= 4 is 21.6 Å². The number of aryl methyl sites for hydroxylation is 1. The molecule has 27 heavy (non-hydrogen) atoms. The fourth-order valence-corrected chi connectivity index (χ4v) is 4.61. The molecule has 0 atom stereocenters. The minimum Gasteiger partial charge on any atom is -0.454 e. The largest absolute Gasteiger partial charge is 0.454 e. The highest BCUT2D eigenvalue weighted by Crippen LogP contribution is 2.32. The van der Waals surface area contributed by atoms with E-state index in [2.05, 4.69) is 5.32 Å². The lowest BCUT2D eigenvalue weighted by Crippen LogP contribution is -2.31. The fourth-order valence-electron chi connectivity index (χ4n) is 2.90. The number of fused-ring (bicyclic) bond motifs is 1. The predicted octanol–water partition coefficient (Wildman–Crippen LogP) is 3.01. The van der Waals surface area contributed by atoms with Crippen LogP contribution in [-0.4, -0.2) is 38.5 Å². The van der Waals surface area contributed by atoms with Gasteiger partial charge in [-0.1, -0.05) is 19.9 Å². The normalized spacial score (nSPS) is 13.0. The zero-order valence-electron chi connectivity index (χ0n) is 15.5. The van der Waals surface area contributed by atoms with Crippen LogP contribution in [0, 0.1) is 6.92 Å². The van der Waals surface area contributed by atoms with E-state index in [1.807, 2.05) is 0 Å². The van der Waals surface area contributed by atoms with Crippen LogP contribution < -0.4 is 14.8 Å². The first-order valence-corrected chi connectivity index (χ1v) is 10.1. The Bertz CT molecular complexity index is 968. The van der Waals surface area contributed by atoms with Gasteiger partial charge in [-0.05, 0) is 42.8 Å². The van der Waals surface area contributed by atoms with E-state index in [-0.39, 0.29) is 17.6 Å². The van der Waals surface area contributed by atoms with Crippen LogP contribution in [0.2, 0.25) is 0 Å². The quantitative estimate of drug-likeness (QED) is 0.820. The van der Waals surface area contributed by atoms with E-state index in [1.165, 1.54) is 10.4 Å². The zero-order valence-corrected chi connectivity index (χ0v) is 16.3. The first-order valence-electron chi connectivity index (χ1n) is 8.68. The maximum atomic E-state index is 12.8. The number of sulfonamides is 1. The topological polar surface area (TPSA) is 84.9 Å². The Morgan fingerprint density at radius 1 is 1.07 bits per heavy atom. The molecule has 1 aliphatic heterocycles. The van der Waals surface area contributed by atoms with Gasteiger partial charge in [-0.25, -0.2) is 8.42 Å². The molecule has 0 aliphatic carbocycles. The Balaban J connectivity index is 1.87. The maximum absolute atomic E-state index is 12.8. The molecule has 144 valence electrons. The van der Waals surface area contributed by atoms with Crippen molar-refractivity contribution in [3.63, 3.8) is 0 Å². The highest BCUT2D eigenvalue weighted by molar-refractivity contribution is 7.89. The molecule has 2 aromatic rings. The summed E-state index contributed by atoms with van der Waals surface area (Å²) in [6.45, 7) is 6.21. The fraction of sp³-hybridized carbons (Fsp3) is 0.316. The number of nitrogens with one attached hydrogen (secondary N) is 1. The summed E-state index contributed by atoms with van der Waals surface area (Å²) in [4.78, 5) is 12.7. The van der Waals surface area contributed by atoms with Crippen molar-refractivity contribution in [1.82, 2.24) is 4.31 Å². The van der Waals surface area contributed by atoms with Gasteiger partial charge in [0.05, 0.1) is 4.90 Å². The van der Waals surface area contributed by atoms with Crippen LogP contribution in [-0.2, 0) is 10.0 Å². The molecular formula is C19H22N2O5S. The minimum atomic E-state index is -3.62. The van der Waals surface area contributed by atoms with Crippen LogP contribution in [0.5, 0.6) is 11.5 Å². The van der Waals surface area contributed by atoms with E-state index in [0.717, 1.165) is 0 Å². The van der Waals surface area contributed by atoms with Crippen molar-refractivity contribution in [2.45, 2.75) is 25.7 Å². The number of amides is 1. The van der Waals surface area contributed by atoms with Gasteiger partial charge < -0.3 is 14.8 Å². The molecule has 0 radical (unpaired) electrons. The van der Waals surface area contributed by atoms with Gasteiger partial charge in [-0.2, -0.15) is 4.31 Å². The van der Waals surface area contributed by atoms with Gasteiger partial charge in [0, 0.05) is 24.3 Å². The maximum Gasteiger partial charge on any atom is 0.255 e. The number of ether oxygens (including phenoxy) is 2. The number of benzene rings is 2. The Kier molecular flexibility index (Phi) is 5.38. The van der Waals surface area contributed by atoms with E-state index in [9.17, 15) is 13.2 Å². The van der Waals surface area contributed by atoms with Crippen LogP contribution in [0.25, 0.3) is 0 Å². The summed E-state index contributed by atoms with van der Waals surface area (Å²) in [6.07, 6.45) is 0. The summed E-state index contributed by atoms with van der Waals surface area (Å²) in [6, 6.07) is 9.76. The third kappa shape index (κ3) is 3.77. The van der Waals surface area contributed by atoms with Crippen LogP contribution in [0.4, 0.5) is 5.69 Å². The lowest BCUT2D eigenvalue weighted by atomic mass is 10.1. The summed E-state index contributed by atoms with van der Waals surface area (Å²) in [7, 11) is -3.62. The molecule has 1 aliphatic rings. The van der Waals surface area contributed by atoms with E-state index >= 15 is 0 Å². The summed E-state index contributed by atoms with van der Waals surface area (Å²) in [5.74, 6) is 0.745. The molecule has 1 N–H and O–H groups in total. The van der Waals surface area contributed by atoms with Crippen LogP contribution in [0.3, 0.4) is 0 Å². The second kappa shape index (κ2) is 7.58. The van der Waals surface area contributed by atoms with E-state index in [4.69, 9.17) is 9.47 Å². The molecule has 3 rings (SSSR count). The molecule has 0 spiro atoms. The van der Waals surface area contributed by atoms with E-state index in [1.54, 1.807) is 51.1 Å². The second-order valence-corrected chi connectivity index (χ2v) is 8.00. The number of hydrogen-bond acceptors (Lipinski definition) is 5. The number of anilines is 1. The molecular weight excluding hydrogens is 368 g/mol. The van der Waals surface area contributed by atoms with Crippen molar-refractivity contribution < 1.29 is 22.7 Å². The molecule has 0 saturated carbocycles. The summed E-state index contributed by atoms with van der Waals surface area (Å²) >= 11 is 0. The third-order valence-electron chi connectivity index (χ3n) is 4.40. The monoisotopic (exact) mass is 390 g/mol. The molecule has 0 unspecified atom stereocenters. The lowest BCUT2D eigenvalue weighted by molar-refractivity contribution is 0.102. The summed E-state index contributed by atoms with van der Waals surface area (Å²) < 4.78 is 37.6. The highest BCUT2D eigenvalue weighted by atomic mass is 32.2. The van der Waals surface area contributed by atoms with Gasteiger partial charge >= 0.3 is 0 Å². The number of carbonyl (C=O) groups excluding carboxylic acids is 1. The molecule has 8 heteroatoms. The van der Waals surface area contributed by atoms with Crippen LogP contribution >= 0.6 is 0 Å². The molecule has 0 fully saturated rings. The molecule has 7 nitrogen and oxygen atoms in total. The van der Waals surface area contributed by atoms with Crippen molar-refractivity contribution in [2.24, 2.45) is 0 Å². The Labute approximate surface area is 158 Å². The zero-order chi connectivity index (χ0) is 19.6. The minimum absolute atomic E-state index is 0.130. The Hall–Kier alpha value is -2.58. The lowest BCUT2D eigenvalue weighted by Gasteiger charge is -2.20. The summed E-state index contributed by atoms with van der Waals surface area (Å²) in [5, 5.41) is 2.75. The third-order valence-corrected chi connectivity index (χ3v) is 6.60. The molecule has 1 amide bonds. The first-order chi connectivity index (χ1) is 12.9. The smallest absolute Gasteiger partial charge is 0.255 e. The Morgan fingerprint density at radius 2 is 1.78 bits per heavy atom. The van der Waals surface area contributed by atoms with E-state index < -0.39 is 10.0 Å². The molecule has 2 aromatic carbocycles. The Morgan fingerprint density at radius 3 is 2.48 bits per heavy atom. The van der Waals surface area contributed by atoms with Crippen LogP contribution in [0.15, 0.2) is 41.3 Å². The van der Waals surface area contributed by atoms with E-state index in [0.29, 0.717) is 41.4 Å². The molecule has 0 saturated heterocycles. The SMILES string of the molecule is CCN(CC)S(=O)(=O)c1cc(NC(=O)c2ccc3c(c2)OCO3)ccc1C. The average molecular weight is 390 g/mol. The molecule has 0 bridgehead atoms. The number of carbonyl (C=O) groups is 1. The van der Waals surface area contributed by atoms with Crippen LogP contribution in [0.1, 0.15) is 29.8 Å². The summed E-state index contributed by atoms with van der Waals surface area (Å²) in [5.41, 5.74) is 1.44. The average Bonchev–Trinajstić information content (AvgIpc) is 3.11. The van der Waals surface area contributed by atoms with Gasteiger partial charge in [-0.15, -0.1) is 0 Å². The predicted molar refractivity (Wildman–Crippen MR) is 102 cm³/mol. The second-order valence-electron chi connectivity index (χ2n) is 6.09. The number of nitrogens with zero attached hydrogens (tertiary/aromatic N) is 1. The number of rotatable bonds is 6. The van der Waals surface area contributed by atoms with Gasteiger partial charge in [-0.3, -0.25) is 4.79 Å². The molecule has 0 aromatic heterocycles. The number of hydrogen-bond donors (Lipinski definition) is 1. The van der Waals surface area contributed by atoms with Crippen molar-refractivity contribution in [3.8, 4) is 11.5 Å². The standard InChI is InChI=1S/C19H22N2O5S/c1-4-21(5-2)27(23,24)18-11-15(8-6-13(18)3)20-19(22)14-7-9-16-17(10-14)26-12-25-16/h6-11H,4-5,12H2,1-3H3,(H,20,22). The van der Waals surface area contributed by atoms with Crippen molar-refractivity contribution in [3.05, 3.63) is 47.5 Å². The van der Waals surface area contributed by atoms with Crippen molar-refractivity contribution in [2.75, 3.05) is 25.2 Å². The highest BCUT2D eigenvalue weighted by Gasteiger charge is 2.24.